The van der Waals surface area contributed by atoms with Gasteiger partial charge in [0.15, 0.2) is 0 Å². The molecule has 0 radical (unpaired) electrons. The van der Waals surface area contributed by atoms with Crippen LogP contribution >= 0.6 is 11.6 Å². The predicted octanol–water partition coefficient (Wildman–Crippen LogP) is 6.01. The molecular weight excluding hydrogens is 522 g/mol. The number of halogens is 1. The Bertz CT molecular complexity index is 1520. The average molecular weight is 554 g/mol. The fourth-order valence-corrected chi connectivity index (χ4v) is 5.33. The minimum absolute atomic E-state index is 0.173. The zero-order valence-corrected chi connectivity index (χ0v) is 23.2. The quantitative estimate of drug-likeness (QED) is 0.231. The van der Waals surface area contributed by atoms with Crippen LogP contribution in [0.3, 0.4) is 0 Å². The van der Waals surface area contributed by atoms with Gasteiger partial charge >= 0.3 is 0 Å². The lowest BCUT2D eigenvalue weighted by molar-refractivity contribution is -0.140. The van der Waals surface area contributed by atoms with Crippen molar-refractivity contribution in [3.63, 3.8) is 0 Å². The molecule has 40 heavy (non-hydrogen) atoms. The number of amides is 3. The molecule has 6 nitrogen and oxygen atoms in total. The summed E-state index contributed by atoms with van der Waals surface area (Å²) in [7, 11) is 0. The van der Waals surface area contributed by atoms with E-state index in [1.807, 2.05) is 72.8 Å². The first-order valence-corrected chi connectivity index (χ1v) is 14.0. The second kappa shape index (κ2) is 12.3. The van der Waals surface area contributed by atoms with Crippen LogP contribution in [0, 0.1) is 0 Å². The van der Waals surface area contributed by atoms with Gasteiger partial charge in [0, 0.05) is 35.5 Å². The smallest absolute Gasteiger partial charge is 0.259 e. The van der Waals surface area contributed by atoms with Gasteiger partial charge in [-0.05, 0) is 47.2 Å². The number of carbonyl (C=O) groups excluding carboxylic acids is 3. The number of unbranched alkanes of at least 4 members (excludes halogenated alkanes) is 1. The highest BCUT2D eigenvalue weighted by Gasteiger charge is 2.35. The first-order chi connectivity index (χ1) is 19.5. The molecule has 0 spiro atoms. The molecule has 1 aliphatic rings. The van der Waals surface area contributed by atoms with Gasteiger partial charge in [-0.3, -0.25) is 19.3 Å². The van der Waals surface area contributed by atoms with Crippen molar-refractivity contribution in [3.8, 4) is 0 Å². The summed E-state index contributed by atoms with van der Waals surface area (Å²) in [6, 6.07) is 27.5. The molecule has 0 aromatic heterocycles. The first-order valence-electron chi connectivity index (χ1n) is 13.7. The molecule has 4 aromatic rings. The number of rotatable bonds is 11. The van der Waals surface area contributed by atoms with Gasteiger partial charge in [0.05, 0.1) is 5.69 Å². The van der Waals surface area contributed by atoms with E-state index in [9.17, 15) is 14.4 Å². The molecule has 0 fully saturated rings. The molecule has 1 N–H and O–H groups in total. The Morgan fingerprint density at radius 1 is 0.900 bits per heavy atom. The van der Waals surface area contributed by atoms with Gasteiger partial charge in [0.2, 0.25) is 11.8 Å². The standard InChI is InChI=1S/C33H32ClN3O3/c1-2-3-19-35-32(39)29(20-23-9-5-4-6-10-23)36(21-24-15-17-26(34)18-16-24)30(38)22-37-28-14-8-12-25-11-7-13-27(31(25)28)33(37)40/h4-18,29H,2-3,19-22H2,1H3,(H,35,39). The number of carbonyl (C=O) groups is 3. The number of benzene rings is 4. The Morgan fingerprint density at radius 2 is 1.62 bits per heavy atom. The molecule has 1 unspecified atom stereocenters. The summed E-state index contributed by atoms with van der Waals surface area (Å²) in [6.45, 7) is 2.63. The largest absolute Gasteiger partial charge is 0.354 e. The Labute approximate surface area is 239 Å². The third-order valence-corrected chi connectivity index (χ3v) is 7.56. The van der Waals surface area contributed by atoms with E-state index in [1.165, 1.54) is 4.90 Å². The van der Waals surface area contributed by atoms with Crippen LogP contribution in [0.15, 0.2) is 91.0 Å². The summed E-state index contributed by atoms with van der Waals surface area (Å²) < 4.78 is 0. The summed E-state index contributed by atoms with van der Waals surface area (Å²) >= 11 is 6.13. The van der Waals surface area contributed by atoms with Gasteiger partial charge < -0.3 is 10.2 Å². The summed E-state index contributed by atoms with van der Waals surface area (Å²) in [5.41, 5.74) is 3.09. The minimum atomic E-state index is -0.765. The third kappa shape index (κ3) is 5.87. The van der Waals surface area contributed by atoms with Crippen LogP contribution in [-0.4, -0.2) is 41.8 Å². The van der Waals surface area contributed by atoms with Gasteiger partial charge in [-0.1, -0.05) is 91.7 Å². The fraction of sp³-hybridized carbons (Fsp3) is 0.242. The summed E-state index contributed by atoms with van der Waals surface area (Å²) in [6.07, 6.45) is 2.14. The Balaban J connectivity index is 1.49. The Kier molecular flexibility index (Phi) is 8.46. The number of nitrogens with one attached hydrogen (secondary N) is 1. The van der Waals surface area contributed by atoms with Gasteiger partial charge in [0.1, 0.15) is 12.6 Å². The Hall–Kier alpha value is -4.16. The molecule has 0 saturated carbocycles. The molecular formula is C33H32ClN3O3. The van der Waals surface area contributed by atoms with E-state index in [0.717, 1.165) is 34.7 Å². The molecule has 0 saturated heterocycles. The van der Waals surface area contributed by atoms with Crippen molar-refractivity contribution in [2.75, 3.05) is 18.0 Å². The second-order valence-electron chi connectivity index (χ2n) is 10.1. The highest BCUT2D eigenvalue weighted by atomic mass is 35.5. The summed E-state index contributed by atoms with van der Waals surface area (Å²) in [4.78, 5) is 44.4. The molecule has 1 atom stereocenters. The maximum atomic E-state index is 14.2. The average Bonchev–Trinajstić information content (AvgIpc) is 3.24. The van der Waals surface area contributed by atoms with E-state index in [0.29, 0.717) is 29.2 Å². The van der Waals surface area contributed by atoms with E-state index in [1.54, 1.807) is 23.1 Å². The summed E-state index contributed by atoms with van der Waals surface area (Å²) in [5.74, 6) is -0.726. The van der Waals surface area contributed by atoms with Crippen LogP contribution < -0.4 is 10.2 Å². The van der Waals surface area contributed by atoms with Crippen LogP contribution in [0.1, 0.15) is 41.3 Å². The van der Waals surface area contributed by atoms with Crippen molar-refractivity contribution >= 4 is 45.8 Å². The van der Waals surface area contributed by atoms with E-state index in [4.69, 9.17) is 11.6 Å². The van der Waals surface area contributed by atoms with Crippen LogP contribution in [0.25, 0.3) is 10.8 Å². The van der Waals surface area contributed by atoms with E-state index in [-0.39, 0.29) is 30.8 Å². The molecule has 0 aliphatic carbocycles. The lowest BCUT2D eigenvalue weighted by Crippen LogP contribution is -2.53. The van der Waals surface area contributed by atoms with E-state index in [2.05, 4.69) is 12.2 Å². The highest BCUT2D eigenvalue weighted by Crippen LogP contribution is 2.37. The maximum absolute atomic E-state index is 14.2. The van der Waals surface area contributed by atoms with E-state index >= 15 is 0 Å². The molecule has 7 heteroatoms. The molecule has 1 heterocycles. The van der Waals surface area contributed by atoms with Crippen LogP contribution in [0.4, 0.5) is 5.69 Å². The number of anilines is 1. The molecule has 1 aliphatic heterocycles. The molecule has 4 aromatic carbocycles. The molecule has 204 valence electrons. The number of hydrogen-bond donors (Lipinski definition) is 1. The monoisotopic (exact) mass is 553 g/mol. The van der Waals surface area contributed by atoms with Gasteiger partial charge in [-0.25, -0.2) is 0 Å². The number of nitrogens with zero attached hydrogens (tertiary/aromatic N) is 2. The highest BCUT2D eigenvalue weighted by molar-refractivity contribution is 6.30. The fourth-order valence-electron chi connectivity index (χ4n) is 5.21. The lowest BCUT2D eigenvalue weighted by Gasteiger charge is -2.33. The van der Waals surface area contributed by atoms with Crippen molar-refractivity contribution in [1.29, 1.82) is 0 Å². The van der Waals surface area contributed by atoms with Crippen molar-refractivity contribution in [2.45, 2.75) is 38.8 Å². The van der Waals surface area contributed by atoms with Crippen molar-refractivity contribution in [3.05, 3.63) is 113 Å². The minimum Gasteiger partial charge on any atom is -0.354 e. The molecule has 5 rings (SSSR count). The van der Waals surface area contributed by atoms with Crippen LogP contribution in [0.5, 0.6) is 0 Å². The zero-order valence-electron chi connectivity index (χ0n) is 22.5. The topological polar surface area (TPSA) is 69.7 Å². The van der Waals surface area contributed by atoms with E-state index < -0.39 is 6.04 Å². The third-order valence-electron chi connectivity index (χ3n) is 7.31. The van der Waals surface area contributed by atoms with Crippen molar-refractivity contribution in [2.24, 2.45) is 0 Å². The predicted molar refractivity (Wildman–Crippen MR) is 159 cm³/mol. The van der Waals surface area contributed by atoms with Crippen molar-refractivity contribution in [1.82, 2.24) is 10.2 Å². The molecule has 0 bridgehead atoms. The SMILES string of the molecule is CCCCNC(=O)C(Cc1ccccc1)N(Cc1ccc(Cl)cc1)C(=O)CN1C(=O)c2cccc3cccc1c23. The lowest BCUT2D eigenvalue weighted by atomic mass is 10.0. The first kappa shape index (κ1) is 27.4. The normalized spacial score (nSPS) is 12.9. The second-order valence-corrected chi connectivity index (χ2v) is 10.5. The van der Waals surface area contributed by atoms with Crippen LogP contribution in [0.2, 0.25) is 5.02 Å². The zero-order chi connectivity index (χ0) is 28.1. The van der Waals surface area contributed by atoms with Crippen molar-refractivity contribution < 1.29 is 14.4 Å². The number of hydrogen-bond acceptors (Lipinski definition) is 3. The van der Waals surface area contributed by atoms with Gasteiger partial charge in [-0.15, -0.1) is 0 Å². The van der Waals surface area contributed by atoms with Gasteiger partial charge in [-0.2, -0.15) is 0 Å². The molecule has 3 amide bonds. The Morgan fingerprint density at radius 3 is 2.35 bits per heavy atom. The van der Waals surface area contributed by atoms with Crippen LogP contribution in [-0.2, 0) is 22.6 Å². The van der Waals surface area contributed by atoms with Gasteiger partial charge in [0.25, 0.3) is 5.91 Å². The summed E-state index contributed by atoms with van der Waals surface area (Å²) in [5, 5.41) is 5.43. The maximum Gasteiger partial charge on any atom is 0.259 e.